The number of fused-ring (bicyclic) bond motifs is 1. The third-order valence-corrected chi connectivity index (χ3v) is 7.13. The number of pyridine rings is 1. The summed E-state index contributed by atoms with van der Waals surface area (Å²) in [6.45, 7) is 16.2. The summed E-state index contributed by atoms with van der Waals surface area (Å²) in [5, 5.41) is 0.718. The molecule has 3 aromatic rings. The van der Waals surface area contributed by atoms with Crippen LogP contribution in [0, 0.1) is 5.82 Å². The highest BCUT2D eigenvalue weighted by atomic mass is 19.1. The van der Waals surface area contributed by atoms with E-state index in [4.69, 9.17) is 9.31 Å². The van der Waals surface area contributed by atoms with Crippen LogP contribution in [-0.2, 0) is 21.1 Å². The lowest BCUT2D eigenvalue weighted by molar-refractivity contribution is 0.00578. The molecule has 0 N–H and O–H groups in total. The predicted molar refractivity (Wildman–Crippen MR) is 133 cm³/mol. The zero-order chi connectivity index (χ0) is 24.3. The van der Waals surface area contributed by atoms with Crippen molar-refractivity contribution >= 4 is 23.4 Å². The smallest absolute Gasteiger partial charge is 0.399 e. The Morgan fingerprint density at radius 1 is 1.03 bits per heavy atom. The van der Waals surface area contributed by atoms with Crippen molar-refractivity contribution in [2.45, 2.75) is 78.4 Å². The van der Waals surface area contributed by atoms with E-state index in [-0.39, 0.29) is 16.4 Å². The summed E-state index contributed by atoms with van der Waals surface area (Å²) < 4.78 is 29.3. The lowest BCUT2D eigenvalue weighted by Gasteiger charge is -2.32. The number of benzene rings is 2. The van der Waals surface area contributed by atoms with Gasteiger partial charge in [-0.2, -0.15) is 0 Å². The molecule has 0 unspecified atom stereocenters. The van der Waals surface area contributed by atoms with Crippen LogP contribution in [0.1, 0.15) is 66.5 Å². The minimum atomic E-state index is -0.535. The maximum absolute atomic E-state index is 15.2. The van der Waals surface area contributed by atoms with Gasteiger partial charge in [0.2, 0.25) is 0 Å². The molecule has 6 heteroatoms. The van der Waals surface area contributed by atoms with E-state index < -0.39 is 24.1 Å². The van der Waals surface area contributed by atoms with Crippen LogP contribution in [0.25, 0.3) is 16.5 Å². The quantitative estimate of drug-likeness (QED) is 0.511. The van der Waals surface area contributed by atoms with Gasteiger partial charge in [0.25, 0.3) is 5.56 Å². The van der Waals surface area contributed by atoms with Gasteiger partial charge in [-0.25, -0.2) is 4.39 Å². The highest BCUT2D eigenvalue weighted by molar-refractivity contribution is 6.62. The summed E-state index contributed by atoms with van der Waals surface area (Å²) in [6, 6.07) is 11.0. The van der Waals surface area contributed by atoms with Crippen molar-refractivity contribution in [1.82, 2.24) is 4.57 Å². The second-order valence-corrected chi connectivity index (χ2v) is 10.9. The summed E-state index contributed by atoms with van der Waals surface area (Å²) in [6.07, 6.45) is 2.41. The van der Waals surface area contributed by atoms with Crippen LogP contribution in [0.5, 0.6) is 0 Å². The van der Waals surface area contributed by atoms with Gasteiger partial charge >= 0.3 is 7.12 Å². The standard InChI is InChI=1S/C27H33BFNO3/c1-9-19-20(28-32-26(5,6)27(7,8)33-28)11-10-12-22(19)30-14-13-17-15-18(25(2,3)4)16-21(29)23(17)24(30)31/h10-16H,9H2,1-8H3. The zero-order valence-electron chi connectivity index (χ0n) is 20.9. The van der Waals surface area contributed by atoms with Crippen LogP contribution in [0.3, 0.4) is 0 Å². The average molecular weight is 449 g/mol. The normalized spacial score (nSPS) is 17.7. The van der Waals surface area contributed by atoms with Gasteiger partial charge in [-0.15, -0.1) is 0 Å². The zero-order valence-corrected chi connectivity index (χ0v) is 20.9. The van der Waals surface area contributed by atoms with E-state index in [0.717, 1.165) is 22.3 Å². The molecule has 1 aliphatic rings. The van der Waals surface area contributed by atoms with E-state index in [1.807, 2.05) is 85.7 Å². The van der Waals surface area contributed by atoms with Gasteiger partial charge < -0.3 is 9.31 Å². The molecule has 4 nitrogen and oxygen atoms in total. The first kappa shape index (κ1) is 23.7. The lowest BCUT2D eigenvalue weighted by atomic mass is 9.75. The highest BCUT2D eigenvalue weighted by Gasteiger charge is 2.52. The van der Waals surface area contributed by atoms with E-state index in [0.29, 0.717) is 11.8 Å². The van der Waals surface area contributed by atoms with Crippen LogP contribution in [0.15, 0.2) is 47.4 Å². The number of halogens is 1. The largest absolute Gasteiger partial charge is 0.495 e. The third kappa shape index (κ3) is 3.93. The minimum absolute atomic E-state index is 0.105. The molecular weight excluding hydrogens is 416 g/mol. The molecule has 2 heterocycles. The summed E-state index contributed by atoms with van der Waals surface area (Å²) >= 11 is 0. The van der Waals surface area contributed by atoms with Crippen molar-refractivity contribution < 1.29 is 13.7 Å². The van der Waals surface area contributed by atoms with Gasteiger partial charge in [0.15, 0.2) is 0 Å². The Bertz CT molecular complexity index is 1270. The molecule has 0 radical (unpaired) electrons. The molecule has 1 aliphatic heterocycles. The fourth-order valence-corrected chi connectivity index (χ4v) is 4.34. The van der Waals surface area contributed by atoms with E-state index >= 15 is 4.39 Å². The number of nitrogens with zero attached hydrogens (tertiary/aromatic N) is 1. The predicted octanol–water partition coefficient (Wildman–Crippen LogP) is 5.29. The molecule has 0 spiro atoms. The first-order valence-corrected chi connectivity index (χ1v) is 11.6. The molecule has 0 aliphatic carbocycles. The van der Waals surface area contributed by atoms with Gasteiger partial charge in [0.05, 0.1) is 22.3 Å². The average Bonchev–Trinajstić information content (AvgIpc) is 2.93. The fraction of sp³-hybridized carbons (Fsp3) is 0.444. The molecule has 33 heavy (non-hydrogen) atoms. The molecule has 1 fully saturated rings. The summed E-state index contributed by atoms with van der Waals surface area (Å²) in [5.41, 5.74) is 1.91. The Labute approximate surface area is 195 Å². The lowest BCUT2D eigenvalue weighted by Crippen LogP contribution is -2.41. The molecule has 1 aromatic heterocycles. The Morgan fingerprint density at radius 3 is 2.24 bits per heavy atom. The van der Waals surface area contributed by atoms with Crippen LogP contribution in [0.4, 0.5) is 4.39 Å². The van der Waals surface area contributed by atoms with Crippen molar-refractivity contribution in [2.24, 2.45) is 0 Å². The van der Waals surface area contributed by atoms with Gasteiger partial charge in [0.1, 0.15) is 5.82 Å². The van der Waals surface area contributed by atoms with Crippen LogP contribution in [-0.4, -0.2) is 22.9 Å². The molecule has 0 atom stereocenters. The molecule has 1 saturated heterocycles. The molecule has 4 rings (SSSR count). The fourth-order valence-electron chi connectivity index (χ4n) is 4.34. The molecule has 2 aromatic carbocycles. The van der Waals surface area contributed by atoms with E-state index in [1.165, 1.54) is 10.6 Å². The van der Waals surface area contributed by atoms with Crippen molar-refractivity contribution in [3.05, 3.63) is 69.9 Å². The van der Waals surface area contributed by atoms with Crippen LogP contribution >= 0.6 is 0 Å². The number of aromatic nitrogens is 1. The van der Waals surface area contributed by atoms with Crippen LogP contribution in [0.2, 0.25) is 0 Å². The minimum Gasteiger partial charge on any atom is -0.399 e. The third-order valence-electron chi connectivity index (χ3n) is 7.13. The summed E-state index contributed by atoms with van der Waals surface area (Å²) in [7, 11) is -0.535. The Kier molecular flexibility index (Phi) is 5.61. The Hall–Kier alpha value is -2.44. The maximum Gasteiger partial charge on any atom is 0.495 e. The van der Waals surface area contributed by atoms with Crippen LogP contribution < -0.4 is 11.0 Å². The van der Waals surface area contributed by atoms with Crippen molar-refractivity contribution in [3.8, 4) is 5.69 Å². The highest BCUT2D eigenvalue weighted by Crippen LogP contribution is 2.37. The second-order valence-electron chi connectivity index (χ2n) is 10.9. The maximum atomic E-state index is 15.2. The van der Waals surface area contributed by atoms with Crippen molar-refractivity contribution in [3.63, 3.8) is 0 Å². The molecular formula is C27H33BFNO3. The van der Waals surface area contributed by atoms with E-state index in [9.17, 15) is 4.79 Å². The van der Waals surface area contributed by atoms with Crippen molar-refractivity contribution in [1.29, 1.82) is 0 Å². The van der Waals surface area contributed by atoms with Gasteiger partial charge in [-0.05, 0) is 79.7 Å². The topological polar surface area (TPSA) is 40.5 Å². The monoisotopic (exact) mass is 449 g/mol. The number of hydrogen-bond acceptors (Lipinski definition) is 3. The summed E-state index contributed by atoms with van der Waals surface area (Å²) in [5.74, 6) is -0.489. The van der Waals surface area contributed by atoms with E-state index in [2.05, 4.69) is 0 Å². The number of rotatable bonds is 3. The molecule has 0 amide bonds. The molecule has 174 valence electrons. The molecule has 0 bridgehead atoms. The first-order chi connectivity index (χ1) is 15.3. The van der Waals surface area contributed by atoms with Gasteiger partial charge in [-0.3, -0.25) is 9.36 Å². The van der Waals surface area contributed by atoms with E-state index in [1.54, 1.807) is 6.20 Å². The van der Waals surface area contributed by atoms with Gasteiger partial charge in [0, 0.05) is 6.20 Å². The summed E-state index contributed by atoms with van der Waals surface area (Å²) in [4.78, 5) is 13.5. The number of hydrogen-bond donors (Lipinski definition) is 0. The molecule has 0 saturated carbocycles. The Morgan fingerprint density at radius 2 is 1.67 bits per heavy atom. The van der Waals surface area contributed by atoms with Gasteiger partial charge in [-0.1, -0.05) is 45.9 Å². The Balaban J connectivity index is 1.88. The SMILES string of the molecule is CCc1c(B2OC(C)(C)C(C)(C)O2)cccc1-n1ccc2cc(C(C)(C)C)cc(F)c2c1=O. The van der Waals surface area contributed by atoms with Crippen molar-refractivity contribution in [2.75, 3.05) is 0 Å². The first-order valence-electron chi connectivity index (χ1n) is 11.6. The second kappa shape index (κ2) is 7.81.